The first kappa shape index (κ1) is 25.5. The van der Waals surface area contributed by atoms with E-state index < -0.39 is 23.7 Å². The smallest absolute Gasteiger partial charge is 0.408 e. The van der Waals surface area contributed by atoms with Gasteiger partial charge in [-0.3, -0.25) is 0 Å². The predicted octanol–water partition coefficient (Wildman–Crippen LogP) is 4.41. The summed E-state index contributed by atoms with van der Waals surface area (Å²) in [6.07, 6.45) is 3.64. The summed E-state index contributed by atoms with van der Waals surface area (Å²) in [7, 11) is 0. The highest BCUT2D eigenvalue weighted by molar-refractivity contribution is 6.28. The van der Waals surface area contributed by atoms with Crippen LogP contribution >= 0.6 is 11.6 Å². The molecule has 1 N–H and O–H groups in total. The number of nitrogens with one attached hydrogen (secondary N) is 1. The Morgan fingerprint density at radius 3 is 2.30 bits per heavy atom. The molecule has 0 aromatic carbocycles. The van der Waals surface area contributed by atoms with Crippen molar-refractivity contribution in [3.05, 3.63) is 0 Å². The Labute approximate surface area is 168 Å². The van der Waals surface area contributed by atoms with Crippen molar-refractivity contribution in [2.24, 2.45) is 5.16 Å². The average molecular weight is 407 g/mol. The van der Waals surface area contributed by atoms with Crippen LogP contribution in [0.3, 0.4) is 0 Å². The number of carbonyl (C=O) groups is 2. The van der Waals surface area contributed by atoms with Crippen molar-refractivity contribution in [1.29, 1.82) is 0 Å². The van der Waals surface area contributed by atoms with Gasteiger partial charge in [-0.1, -0.05) is 31.8 Å². The van der Waals surface area contributed by atoms with E-state index in [1.807, 2.05) is 6.92 Å². The van der Waals surface area contributed by atoms with Crippen LogP contribution in [0.2, 0.25) is 0 Å². The van der Waals surface area contributed by atoms with E-state index in [-0.39, 0.29) is 5.88 Å². The third-order valence-electron chi connectivity index (χ3n) is 3.38. The van der Waals surface area contributed by atoms with Crippen molar-refractivity contribution in [2.75, 3.05) is 19.1 Å². The SMILES string of the molecule is CCCCO/N=C(/CCl)CCC(NC(=O)OC(C)(C)C)C(=O)OCCCC. The molecule has 0 rings (SSSR count). The summed E-state index contributed by atoms with van der Waals surface area (Å²) in [6, 6.07) is -0.833. The van der Waals surface area contributed by atoms with E-state index in [0.29, 0.717) is 31.8 Å². The van der Waals surface area contributed by atoms with Gasteiger partial charge in [-0.25, -0.2) is 9.59 Å². The highest BCUT2D eigenvalue weighted by atomic mass is 35.5. The number of carbonyl (C=O) groups excluding carboxylic acids is 2. The van der Waals surface area contributed by atoms with Gasteiger partial charge in [-0.15, -0.1) is 11.6 Å². The van der Waals surface area contributed by atoms with Crippen LogP contribution in [0, 0.1) is 0 Å². The number of rotatable bonds is 13. The van der Waals surface area contributed by atoms with Crippen LogP contribution in [-0.2, 0) is 19.1 Å². The molecule has 0 aliphatic rings. The Morgan fingerprint density at radius 1 is 1.11 bits per heavy atom. The molecule has 0 aromatic heterocycles. The van der Waals surface area contributed by atoms with Gasteiger partial charge >= 0.3 is 12.1 Å². The molecule has 27 heavy (non-hydrogen) atoms. The maximum absolute atomic E-state index is 12.3. The van der Waals surface area contributed by atoms with Gasteiger partial charge in [0.15, 0.2) is 0 Å². The Kier molecular flexibility index (Phi) is 13.7. The number of amides is 1. The molecule has 0 saturated heterocycles. The molecule has 0 aliphatic heterocycles. The number of hydrogen-bond acceptors (Lipinski definition) is 6. The number of alkyl carbamates (subject to hydrolysis) is 1. The van der Waals surface area contributed by atoms with Crippen molar-refractivity contribution in [2.45, 2.75) is 84.8 Å². The third-order valence-corrected chi connectivity index (χ3v) is 3.68. The molecular formula is C19H35ClN2O5. The zero-order valence-corrected chi connectivity index (χ0v) is 18.1. The number of nitrogens with zero attached hydrogens (tertiary/aromatic N) is 1. The van der Waals surface area contributed by atoms with E-state index in [1.165, 1.54) is 0 Å². The van der Waals surface area contributed by atoms with Crippen molar-refractivity contribution in [3.63, 3.8) is 0 Å². The van der Waals surface area contributed by atoms with E-state index in [2.05, 4.69) is 17.4 Å². The summed E-state index contributed by atoms with van der Waals surface area (Å²) in [5.41, 5.74) is -0.0403. The van der Waals surface area contributed by atoms with Crippen LogP contribution in [0.1, 0.15) is 73.1 Å². The average Bonchev–Trinajstić information content (AvgIpc) is 2.58. The van der Waals surface area contributed by atoms with Crippen molar-refractivity contribution < 1.29 is 23.9 Å². The van der Waals surface area contributed by atoms with Gasteiger partial charge in [-0.05, 0) is 46.5 Å². The van der Waals surface area contributed by atoms with Crippen LogP contribution < -0.4 is 5.32 Å². The molecule has 158 valence electrons. The topological polar surface area (TPSA) is 86.2 Å². The minimum absolute atomic E-state index is 0.191. The lowest BCUT2D eigenvalue weighted by Crippen LogP contribution is -2.44. The number of alkyl halides is 1. The van der Waals surface area contributed by atoms with Gasteiger partial charge in [0.05, 0.1) is 18.2 Å². The summed E-state index contributed by atoms with van der Waals surface area (Å²) >= 11 is 5.90. The molecular weight excluding hydrogens is 372 g/mol. The highest BCUT2D eigenvalue weighted by Gasteiger charge is 2.25. The quantitative estimate of drug-likeness (QED) is 0.161. The largest absolute Gasteiger partial charge is 0.464 e. The lowest BCUT2D eigenvalue weighted by molar-refractivity contribution is -0.146. The number of halogens is 1. The molecule has 1 amide bonds. The monoisotopic (exact) mass is 406 g/mol. The zero-order valence-electron chi connectivity index (χ0n) is 17.3. The first-order valence-electron chi connectivity index (χ1n) is 9.63. The molecule has 8 heteroatoms. The number of ether oxygens (including phenoxy) is 2. The van der Waals surface area contributed by atoms with Gasteiger partial charge in [0.1, 0.15) is 18.2 Å². The standard InChI is InChI=1S/C19H35ClN2O5/c1-6-8-12-25-17(23)16(21-18(24)27-19(3,4)5)11-10-15(14-20)22-26-13-9-7-2/h16H,6-14H2,1-5H3,(H,21,24)/b22-15+. The predicted molar refractivity (Wildman–Crippen MR) is 107 cm³/mol. The molecule has 0 saturated carbocycles. The number of hydrogen-bond donors (Lipinski definition) is 1. The summed E-state index contributed by atoms with van der Waals surface area (Å²) in [6.45, 7) is 10.2. The van der Waals surface area contributed by atoms with E-state index in [4.69, 9.17) is 25.9 Å². The maximum Gasteiger partial charge on any atom is 0.408 e. The van der Waals surface area contributed by atoms with Gasteiger partial charge < -0.3 is 19.6 Å². The van der Waals surface area contributed by atoms with Crippen LogP contribution in [0.4, 0.5) is 4.79 Å². The summed E-state index contributed by atoms with van der Waals surface area (Å²) in [4.78, 5) is 29.6. The van der Waals surface area contributed by atoms with E-state index in [9.17, 15) is 9.59 Å². The molecule has 0 spiro atoms. The lowest BCUT2D eigenvalue weighted by atomic mass is 10.1. The second-order valence-corrected chi connectivity index (χ2v) is 7.50. The summed E-state index contributed by atoms with van der Waals surface area (Å²) in [5.74, 6) is -0.300. The first-order chi connectivity index (χ1) is 12.7. The number of esters is 1. The van der Waals surface area contributed by atoms with Crippen molar-refractivity contribution in [1.82, 2.24) is 5.32 Å². The Balaban J connectivity index is 4.80. The Hall–Kier alpha value is -1.50. The summed E-state index contributed by atoms with van der Waals surface area (Å²) in [5, 5.41) is 6.60. The zero-order chi connectivity index (χ0) is 20.7. The van der Waals surface area contributed by atoms with Gasteiger partial charge in [0.25, 0.3) is 0 Å². The number of unbranched alkanes of at least 4 members (excludes halogenated alkanes) is 2. The lowest BCUT2D eigenvalue weighted by Gasteiger charge is -2.23. The fourth-order valence-electron chi connectivity index (χ4n) is 1.91. The molecule has 0 aliphatic carbocycles. The fourth-order valence-corrected chi connectivity index (χ4v) is 2.09. The molecule has 1 unspecified atom stereocenters. The van der Waals surface area contributed by atoms with Crippen molar-refractivity contribution >= 4 is 29.4 Å². The molecule has 0 heterocycles. The highest BCUT2D eigenvalue weighted by Crippen LogP contribution is 2.10. The molecule has 1 atom stereocenters. The van der Waals surface area contributed by atoms with Gasteiger partial charge in [0, 0.05) is 0 Å². The minimum Gasteiger partial charge on any atom is -0.464 e. The van der Waals surface area contributed by atoms with E-state index in [1.54, 1.807) is 20.8 Å². The van der Waals surface area contributed by atoms with E-state index in [0.717, 1.165) is 25.7 Å². The van der Waals surface area contributed by atoms with Crippen molar-refractivity contribution in [3.8, 4) is 0 Å². The van der Waals surface area contributed by atoms with Crippen LogP contribution in [-0.4, -0.2) is 48.5 Å². The van der Waals surface area contributed by atoms with Crippen LogP contribution in [0.15, 0.2) is 5.16 Å². The normalized spacial score (nSPS) is 13.0. The maximum atomic E-state index is 12.3. The molecule has 0 fully saturated rings. The molecule has 0 radical (unpaired) electrons. The second-order valence-electron chi connectivity index (χ2n) is 7.24. The van der Waals surface area contributed by atoms with Crippen LogP contribution in [0.5, 0.6) is 0 Å². The second kappa shape index (κ2) is 14.5. The fraction of sp³-hybridized carbons (Fsp3) is 0.842. The Morgan fingerprint density at radius 2 is 1.74 bits per heavy atom. The van der Waals surface area contributed by atoms with E-state index >= 15 is 0 Å². The first-order valence-corrected chi connectivity index (χ1v) is 10.2. The minimum atomic E-state index is -0.833. The molecule has 0 aromatic rings. The molecule has 0 bridgehead atoms. The number of oxime groups is 1. The van der Waals surface area contributed by atoms with Crippen LogP contribution in [0.25, 0.3) is 0 Å². The molecule has 7 nitrogen and oxygen atoms in total. The van der Waals surface area contributed by atoms with Gasteiger partial charge in [-0.2, -0.15) is 0 Å². The summed E-state index contributed by atoms with van der Waals surface area (Å²) < 4.78 is 10.5. The van der Waals surface area contributed by atoms with Gasteiger partial charge in [0.2, 0.25) is 0 Å². The Bertz CT molecular complexity index is 464. The third kappa shape index (κ3) is 14.3.